The minimum Gasteiger partial charge on any atom is -0.457 e. The largest absolute Gasteiger partial charge is 0.457 e. The van der Waals surface area contributed by atoms with Crippen molar-refractivity contribution in [3.63, 3.8) is 0 Å². The Labute approximate surface area is 179 Å². The molecule has 1 heterocycles. The lowest BCUT2D eigenvalue weighted by molar-refractivity contribution is -0.116. The second-order valence-corrected chi connectivity index (χ2v) is 6.82. The maximum atomic E-state index is 13.5. The molecule has 9 nitrogen and oxygen atoms in total. The first kappa shape index (κ1) is 21.8. The first-order valence-electron chi connectivity index (χ1n) is 8.68. The normalized spacial score (nSPS) is 10.5. The number of hydrogen-bond donors (Lipinski definition) is 1. The van der Waals surface area contributed by atoms with E-state index in [9.17, 15) is 23.8 Å². The Bertz CT molecular complexity index is 1280. The van der Waals surface area contributed by atoms with Crippen LogP contribution in [0, 0.1) is 15.6 Å². The summed E-state index contributed by atoms with van der Waals surface area (Å²) in [5, 5.41) is 8.14. The Balaban J connectivity index is 2.07. The Hall–Kier alpha value is -3.92. The van der Waals surface area contributed by atoms with Gasteiger partial charge in [-0.2, -0.15) is 0 Å². The van der Waals surface area contributed by atoms with Gasteiger partial charge in [-0.05, 0) is 29.4 Å². The number of fused-ring (bicyclic) bond motifs is 1. The fourth-order valence-corrected chi connectivity index (χ4v) is 3.17. The van der Waals surface area contributed by atoms with Gasteiger partial charge in [0.15, 0.2) is 0 Å². The van der Waals surface area contributed by atoms with Crippen LogP contribution in [0.25, 0.3) is 16.6 Å². The fraction of sp³-hybridized carbons (Fsp3) is 0.100. The number of nitrogens with one attached hydrogen (secondary N) is 1. The maximum absolute atomic E-state index is 13.5. The van der Waals surface area contributed by atoms with E-state index >= 15 is 0 Å². The number of benzene rings is 2. The van der Waals surface area contributed by atoms with E-state index in [4.69, 9.17) is 16.3 Å². The minimum absolute atomic E-state index is 0.0659. The molecule has 0 aliphatic carbocycles. The van der Waals surface area contributed by atoms with Crippen LogP contribution in [0.2, 0.25) is 5.02 Å². The highest BCUT2D eigenvalue weighted by Gasteiger charge is 2.20. The van der Waals surface area contributed by atoms with Gasteiger partial charge in [-0.15, -0.1) is 9.81 Å². The van der Waals surface area contributed by atoms with Crippen molar-refractivity contribution in [1.29, 1.82) is 0 Å². The van der Waals surface area contributed by atoms with Crippen LogP contribution >= 0.6 is 11.6 Å². The zero-order valence-electron chi connectivity index (χ0n) is 16.0. The molecule has 0 saturated heterocycles. The summed E-state index contributed by atoms with van der Waals surface area (Å²) < 4.78 is 20.4. The quantitative estimate of drug-likeness (QED) is 0.540. The van der Waals surface area contributed by atoms with Crippen molar-refractivity contribution in [2.24, 2.45) is 17.4 Å². The molecule has 1 aromatic heterocycles. The third-order valence-electron chi connectivity index (χ3n) is 4.36. The molecule has 0 unspecified atom stereocenters. The number of aromatic nitrogens is 1. The van der Waals surface area contributed by atoms with Crippen molar-refractivity contribution in [2.75, 3.05) is 6.54 Å². The van der Waals surface area contributed by atoms with Crippen LogP contribution in [-0.4, -0.2) is 17.0 Å². The molecule has 31 heavy (non-hydrogen) atoms. The van der Waals surface area contributed by atoms with Gasteiger partial charge in [-0.3, -0.25) is 9.59 Å². The number of carbonyl (C=O) groups excluding carboxylic acids is 1. The van der Waals surface area contributed by atoms with Crippen molar-refractivity contribution in [1.82, 2.24) is 9.88 Å². The van der Waals surface area contributed by atoms with E-state index in [1.165, 1.54) is 35.9 Å². The molecule has 2 aromatic carbocycles. The summed E-state index contributed by atoms with van der Waals surface area (Å²) in [5.41, 5.74) is -0.751. The number of carbonyl (C=O) groups is 1. The zero-order chi connectivity index (χ0) is 22.7. The summed E-state index contributed by atoms with van der Waals surface area (Å²) in [4.78, 5) is 45.8. The number of pyridine rings is 1. The summed E-state index contributed by atoms with van der Waals surface area (Å²) >= 11 is 5.83. The third kappa shape index (κ3) is 4.48. The number of rotatable bonds is 7. The number of nitroso groups, excluding NO2 is 2. The molecular weight excluding hydrogens is 431 g/mol. The molecule has 0 aliphatic rings. The Kier molecular flexibility index (Phi) is 6.21. The summed E-state index contributed by atoms with van der Waals surface area (Å²) in [6.45, 7) is 3.15. The maximum Gasteiger partial charge on any atom is 0.305 e. The molecule has 11 heteroatoms. The van der Waals surface area contributed by atoms with Crippen molar-refractivity contribution < 1.29 is 13.9 Å². The van der Waals surface area contributed by atoms with E-state index in [1.807, 2.05) is 0 Å². The highest BCUT2D eigenvalue weighted by Crippen LogP contribution is 2.34. The summed E-state index contributed by atoms with van der Waals surface area (Å²) in [7, 11) is 1.46. The molecule has 0 fully saturated rings. The molecule has 0 radical (unpaired) electrons. The summed E-state index contributed by atoms with van der Waals surface area (Å²) in [5.74, 6) is -1.18. The highest BCUT2D eigenvalue weighted by molar-refractivity contribution is 6.30. The first-order valence-corrected chi connectivity index (χ1v) is 9.06. The van der Waals surface area contributed by atoms with Crippen LogP contribution in [0.3, 0.4) is 0 Å². The van der Waals surface area contributed by atoms with Crippen molar-refractivity contribution in [2.45, 2.75) is 0 Å². The average molecular weight is 445 g/mol. The summed E-state index contributed by atoms with van der Waals surface area (Å²) in [6.07, 6.45) is 0. The first-order chi connectivity index (χ1) is 14.7. The van der Waals surface area contributed by atoms with Gasteiger partial charge in [-0.1, -0.05) is 18.2 Å². The SMILES string of the molecule is C=C(NCC(=O)N=O)c1c(N=O)c2ccc(Oc3cc(F)cc(Cl)c3)cc2n(C)c1=O. The molecule has 0 spiro atoms. The predicted molar refractivity (Wildman–Crippen MR) is 114 cm³/mol. The lowest BCUT2D eigenvalue weighted by Gasteiger charge is -2.15. The van der Waals surface area contributed by atoms with Crippen LogP contribution in [0.5, 0.6) is 11.5 Å². The van der Waals surface area contributed by atoms with Crippen molar-refractivity contribution in [3.05, 3.63) is 79.5 Å². The molecule has 3 rings (SSSR count). The Morgan fingerprint density at radius 3 is 2.61 bits per heavy atom. The minimum atomic E-state index is -1.00. The van der Waals surface area contributed by atoms with E-state index < -0.39 is 23.8 Å². The number of hydrogen-bond acceptors (Lipinski definition) is 7. The smallest absolute Gasteiger partial charge is 0.305 e. The molecule has 1 N–H and O–H groups in total. The third-order valence-corrected chi connectivity index (χ3v) is 4.58. The Morgan fingerprint density at radius 2 is 1.97 bits per heavy atom. The van der Waals surface area contributed by atoms with Crippen molar-refractivity contribution in [3.8, 4) is 11.5 Å². The van der Waals surface area contributed by atoms with Crippen LogP contribution in [0.15, 0.2) is 58.1 Å². The molecule has 3 aromatic rings. The molecule has 0 saturated carbocycles. The lowest BCUT2D eigenvalue weighted by atomic mass is 10.1. The average Bonchev–Trinajstić information content (AvgIpc) is 2.73. The van der Waals surface area contributed by atoms with E-state index in [-0.39, 0.29) is 33.5 Å². The van der Waals surface area contributed by atoms with Gasteiger partial charge < -0.3 is 14.6 Å². The van der Waals surface area contributed by atoms with Gasteiger partial charge in [-0.25, -0.2) is 4.39 Å². The van der Waals surface area contributed by atoms with E-state index in [1.54, 1.807) is 0 Å². The van der Waals surface area contributed by atoms with Gasteiger partial charge >= 0.3 is 5.91 Å². The molecule has 0 bridgehead atoms. The number of amides is 1. The fourth-order valence-electron chi connectivity index (χ4n) is 2.96. The topological polar surface area (TPSA) is 119 Å². The molecule has 0 aliphatic heterocycles. The van der Waals surface area contributed by atoms with Crippen LogP contribution < -0.4 is 15.6 Å². The van der Waals surface area contributed by atoms with Crippen LogP contribution in [0.4, 0.5) is 10.1 Å². The zero-order valence-corrected chi connectivity index (χ0v) is 16.8. The van der Waals surface area contributed by atoms with Gasteiger partial charge in [0.25, 0.3) is 5.56 Å². The number of ether oxygens (including phenoxy) is 1. The second kappa shape index (κ2) is 8.84. The molecular formula is C20H14ClFN4O5. The van der Waals surface area contributed by atoms with E-state index in [2.05, 4.69) is 22.2 Å². The standard InChI is InChI=1S/C20H14ClFN4O5/c1-10(23-9-17(27)24-29)18-19(25-30)15-4-3-13(8-16(15)26(2)20(18)28)31-14-6-11(21)5-12(22)7-14/h3-8,23H,1,9H2,2H3. The van der Waals surface area contributed by atoms with Crippen LogP contribution in [-0.2, 0) is 11.8 Å². The monoisotopic (exact) mass is 444 g/mol. The van der Waals surface area contributed by atoms with Gasteiger partial charge in [0, 0.05) is 40.5 Å². The number of halogens is 2. The number of aryl methyl sites for hydroxylation is 1. The van der Waals surface area contributed by atoms with Crippen LogP contribution in [0.1, 0.15) is 5.56 Å². The number of nitrogens with zero attached hydrogens (tertiary/aromatic N) is 3. The Morgan fingerprint density at radius 1 is 1.23 bits per heavy atom. The van der Waals surface area contributed by atoms with E-state index in [0.717, 1.165) is 12.1 Å². The predicted octanol–water partition coefficient (Wildman–Crippen LogP) is 4.37. The van der Waals surface area contributed by atoms with Gasteiger partial charge in [0.2, 0.25) is 0 Å². The second-order valence-electron chi connectivity index (χ2n) is 6.38. The van der Waals surface area contributed by atoms with Crippen molar-refractivity contribution >= 4 is 39.8 Å². The lowest BCUT2D eigenvalue weighted by Crippen LogP contribution is -2.27. The van der Waals surface area contributed by atoms with E-state index in [0.29, 0.717) is 10.9 Å². The molecule has 0 atom stereocenters. The molecule has 1 amide bonds. The van der Waals surface area contributed by atoms with Gasteiger partial charge in [0.1, 0.15) is 23.0 Å². The van der Waals surface area contributed by atoms with Gasteiger partial charge in [0.05, 0.1) is 17.6 Å². The summed E-state index contributed by atoms with van der Waals surface area (Å²) in [6, 6.07) is 8.16. The highest BCUT2D eigenvalue weighted by atomic mass is 35.5. The molecule has 158 valence electrons.